The minimum absolute atomic E-state index is 0.201. The number of anilines is 1. The number of halogens is 1. The first kappa shape index (κ1) is 19.2. The van der Waals surface area contributed by atoms with Gasteiger partial charge >= 0.3 is 5.69 Å². The molecule has 158 valence electrons. The van der Waals surface area contributed by atoms with Gasteiger partial charge in [0, 0.05) is 25.4 Å². The Balaban J connectivity index is 1.71. The van der Waals surface area contributed by atoms with Gasteiger partial charge in [-0.1, -0.05) is 13.8 Å². The highest BCUT2D eigenvalue weighted by atomic mass is 19.1. The van der Waals surface area contributed by atoms with E-state index >= 15 is 0 Å². The van der Waals surface area contributed by atoms with Crippen LogP contribution >= 0.6 is 0 Å². The van der Waals surface area contributed by atoms with Crippen molar-refractivity contribution in [2.24, 2.45) is 5.92 Å². The van der Waals surface area contributed by atoms with Gasteiger partial charge in [0.1, 0.15) is 41.2 Å². The van der Waals surface area contributed by atoms with Gasteiger partial charge < -0.3 is 9.88 Å². The molecule has 4 aromatic rings. The summed E-state index contributed by atoms with van der Waals surface area (Å²) < 4.78 is 16.8. The third-order valence-corrected chi connectivity index (χ3v) is 5.65. The highest BCUT2D eigenvalue weighted by Crippen LogP contribution is 2.38. The van der Waals surface area contributed by atoms with Crippen LogP contribution in [0.2, 0.25) is 0 Å². The maximum atomic E-state index is 13.9. The maximum absolute atomic E-state index is 13.9. The molecule has 1 saturated heterocycles. The number of aromatic nitrogens is 6. The number of aromatic amines is 1. The summed E-state index contributed by atoms with van der Waals surface area (Å²) in [4.78, 5) is 31.7. The summed E-state index contributed by atoms with van der Waals surface area (Å²) in [5.74, 6) is 0.927. The molecule has 0 bridgehead atoms. The van der Waals surface area contributed by atoms with Gasteiger partial charge in [0.05, 0.1) is 23.2 Å². The average Bonchev–Trinajstić information content (AvgIpc) is 3.46. The molecule has 0 spiro atoms. The van der Waals surface area contributed by atoms with Crippen LogP contribution in [0.15, 0.2) is 29.6 Å². The number of nitriles is 1. The number of hydrogen-bond acceptors (Lipinski definition) is 6. The molecule has 1 fully saturated rings. The lowest BCUT2D eigenvalue weighted by molar-refractivity contribution is 0.455. The van der Waals surface area contributed by atoms with Crippen LogP contribution in [0.3, 0.4) is 0 Å². The second kappa shape index (κ2) is 7.19. The molecule has 1 N–H and O–H groups in total. The second-order valence-electron chi connectivity index (χ2n) is 8.23. The van der Waals surface area contributed by atoms with E-state index in [0.29, 0.717) is 41.3 Å². The topological polar surface area (TPSA) is 108 Å². The van der Waals surface area contributed by atoms with E-state index in [0.717, 1.165) is 12.8 Å². The van der Waals surface area contributed by atoms with Crippen molar-refractivity contribution >= 4 is 22.5 Å². The summed E-state index contributed by atoms with van der Waals surface area (Å²) in [7, 11) is 0. The first-order valence-electron chi connectivity index (χ1n) is 10.2. The Labute approximate surface area is 176 Å². The second-order valence-corrected chi connectivity index (χ2v) is 8.23. The van der Waals surface area contributed by atoms with Gasteiger partial charge in [0.2, 0.25) is 0 Å². The van der Waals surface area contributed by atoms with Crippen LogP contribution < -0.4 is 10.6 Å². The van der Waals surface area contributed by atoms with Crippen molar-refractivity contribution in [2.75, 3.05) is 11.4 Å². The van der Waals surface area contributed by atoms with Crippen molar-refractivity contribution < 1.29 is 4.39 Å². The highest BCUT2D eigenvalue weighted by Gasteiger charge is 2.33. The molecule has 0 amide bonds. The smallest absolute Gasteiger partial charge is 0.335 e. The summed E-state index contributed by atoms with van der Waals surface area (Å²) in [6.07, 6.45) is 5.90. The normalized spacial score (nSPS) is 16.6. The number of H-pyrrole nitrogens is 1. The van der Waals surface area contributed by atoms with Crippen LogP contribution in [0.25, 0.3) is 16.7 Å². The maximum Gasteiger partial charge on any atom is 0.335 e. The molecule has 1 aliphatic heterocycles. The standard InChI is InChI=1S/C21H21FN8O/c1-12(2)9-30-19(27-16-6-14(22)10-29(16)21(30)31)15-4-3-5-28(15)20-17-13(7-23)8-24-18(17)25-11-26-20/h6,8,10-12,15H,3-5,9H2,1-2H3,(H,24,25,26). The molecule has 9 nitrogen and oxygen atoms in total. The van der Waals surface area contributed by atoms with Gasteiger partial charge in [0.15, 0.2) is 0 Å². The largest absolute Gasteiger partial charge is 0.346 e. The molecular weight excluding hydrogens is 399 g/mol. The summed E-state index contributed by atoms with van der Waals surface area (Å²) >= 11 is 0. The van der Waals surface area contributed by atoms with E-state index in [4.69, 9.17) is 4.98 Å². The molecule has 5 rings (SSSR count). The summed E-state index contributed by atoms with van der Waals surface area (Å²) in [6, 6.07) is 3.23. The Morgan fingerprint density at radius 1 is 1.39 bits per heavy atom. The van der Waals surface area contributed by atoms with Crippen molar-refractivity contribution in [1.29, 1.82) is 5.26 Å². The van der Waals surface area contributed by atoms with Gasteiger partial charge in [-0.3, -0.25) is 4.57 Å². The summed E-state index contributed by atoms with van der Waals surface area (Å²) in [5.41, 5.74) is 1.03. The first-order chi connectivity index (χ1) is 15.0. The van der Waals surface area contributed by atoms with Crippen LogP contribution in [0.5, 0.6) is 0 Å². The van der Waals surface area contributed by atoms with E-state index in [1.165, 1.54) is 23.0 Å². The molecule has 4 aromatic heterocycles. The SMILES string of the molecule is CC(C)Cn1c(C2CCCN2c2ncnc3[nH]cc(C#N)c23)nc2cc(F)cn2c1=O. The Morgan fingerprint density at radius 3 is 3.00 bits per heavy atom. The molecule has 0 saturated carbocycles. The van der Waals surface area contributed by atoms with E-state index in [1.807, 2.05) is 13.8 Å². The minimum atomic E-state index is -0.496. The lowest BCUT2D eigenvalue weighted by Crippen LogP contribution is -2.36. The van der Waals surface area contributed by atoms with Crippen molar-refractivity contribution in [3.05, 3.63) is 52.5 Å². The lowest BCUT2D eigenvalue weighted by Gasteiger charge is -2.28. The summed E-state index contributed by atoms with van der Waals surface area (Å²) in [6.45, 7) is 5.21. The molecule has 5 heterocycles. The third-order valence-electron chi connectivity index (χ3n) is 5.65. The fourth-order valence-corrected chi connectivity index (χ4v) is 4.40. The van der Waals surface area contributed by atoms with Crippen molar-refractivity contribution in [3.8, 4) is 6.07 Å². The summed E-state index contributed by atoms with van der Waals surface area (Å²) in [5, 5.41) is 10.2. The Hall–Kier alpha value is -3.74. The van der Waals surface area contributed by atoms with Crippen LogP contribution in [0.1, 0.15) is 44.1 Å². The third kappa shape index (κ3) is 3.04. The average molecular weight is 420 g/mol. The van der Waals surface area contributed by atoms with Crippen LogP contribution in [0.4, 0.5) is 10.2 Å². The molecule has 31 heavy (non-hydrogen) atoms. The van der Waals surface area contributed by atoms with E-state index < -0.39 is 5.82 Å². The van der Waals surface area contributed by atoms with Crippen molar-refractivity contribution in [1.82, 2.24) is 28.9 Å². The van der Waals surface area contributed by atoms with Gasteiger partial charge in [-0.15, -0.1) is 0 Å². The Kier molecular flexibility index (Phi) is 4.46. The van der Waals surface area contributed by atoms with E-state index in [1.54, 1.807) is 10.8 Å². The molecule has 0 radical (unpaired) electrons. The zero-order valence-electron chi connectivity index (χ0n) is 17.2. The number of fused-ring (bicyclic) bond motifs is 2. The number of nitrogens with one attached hydrogen (secondary N) is 1. The number of rotatable bonds is 4. The molecule has 1 aliphatic rings. The number of nitrogens with zero attached hydrogens (tertiary/aromatic N) is 7. The van der Waals surface area contributed by atoms with Crippen LogP contribution in [0, 0.1) is 23.1 Å². The van der Waals surface area contributed by atoms with E-state index in [2.05, 4.69) is 25.9 Å². The van der Waals surface area contributed by atoms with Crippen LogP contribution in [-0.4, -0.2) is 35.4 Å². The fraction of sp³-hybridized carbons (Fsp3) is 0.381. The van der Waals surface area contributed by atoms with Gasteiger partial charge in [-0.2, -0.15) is 5.26 Å². The molecule has 10 heteroatoms. The van der Waals surface area contributed by atoms with Crippen LogP contribution in [-0.2, 0) is 6.54 Å². The number of hydrogen-bond donors (Lipinski definition) is 1. The van der Waals surface area contributed by atoms with Gasteiger partial charge in [-0.05, 0) is 18.8 Å². The predicted octanol–water partition coefficient (Wildman–Crippen LogP) is 2.78. The molecule has 0 aliphatic carbocycles. The quantitative estimate of drug-likeness (QED) is 0.544. The van der Waals surface area contributed by atoms with E-state index in [-0.39, 0.29) is 23.3 Å². The Morgan fingerprint density at radius 2 is 2.23 bits per heavy atom. The van der Waals surface area contributed by atoms with Gasteiger partial charge in [-0.25, -0.2) is 28.5 Å². The lowest BCUT2D eigenvalue weighted by atomic mass is 10.1. The molecule has 1 atom stereocenters. The van der Waals surface area contributed by atoms with Gasteiger partial charge in [0.25, 0.3) is 0 Å². The zero-order valence-corrected chi connectivity index (χ0v) is 17.2. The minimum Gasteiger partial charge on any atom is -0.346 e. The van der Waals surface area contributed by atoms with Crippen molar-refractivity contribution in [3.63, 3.8) is 0 Å². The highest BCUT2D eigenvalue weighted by molar-refractivity contribution is 5.93. The van der Waals surface area contributed by atoms with E-state index in [9.17, 15) is 14.4 Å². The zero-order chi connectivity index (χ0) is 21.7. The molecule has 0 aromatic carbocycles. The fourth-order valence-electron chi connectivity index (χ4n) is 4.40. The predicted molar refractivity (Wildman–Crippen MR) is 112 cm³/mol. The monoisotopic (exact) mass is 420 g/mol. The first-order valence-corrected chi connectivity index (χ1v) is 10.2. The van der Waals surface area contributed by atoms with Crippen molar-refractivity contribution in [2.45, 2.75) is 39.3 Å². The Bertz CT molecular complexity index is 1390. The molecule has 1 unspecified atom stereocenters. The molecular formula is C21H21FN8O.